The second-order valence-corrected chi connectivity index (χ2v) is 4.27. The molecule has 0 saturated carbocycles. The minimum absolute atomic E-state index is 0.105. The monoisotopic (exact) mass is 253 g/mol. The van der Waals surface area contributed by atoms with Crippen molar-refractivity contribution in [1.29, 1.82) is 0 Å². The summed E-state index contributed by atoms with van der Waals surface area (Å²) in [5.74, 6) is 0.479. The van der Waals surface area contributed by atoms with Crippen LogP contribution in [0.1, 0.15) is 24.3 Å². The van der Waals surface area contributed by atoms with Crippen LogP contribution in [-0.2, 0) is 6.54 Å². The van der Waals surface area contributed by atoms with Crippen molar-refractivity contribution in [2.75, 3.05) is 0 Å². The maximum atomic E-state index is 13.0. The lowest BCUT2D eigenvalue weighted by Crippen LogP contribution is -2.17. The first-order valence-electron chi connectivity index (χ1n) is 5.37. The van der Waals surface area contributed by atoms with E-state index in [1.54, 1.807) is 18.4 Å². The highest BCUT2D eigenvalue weighted by Crippen LogP contribution is 2.17. The lowest BCUT2D eigenvalue weighted by Gasteiger charge is -2.11. The van der Waals surface area contributed by atoms with Crippen molar-refractivity contribution >= 4 is 11.6 Å². The summed E-state index contributed by atoms with van der Waals surface area (Å²) in [5.41, 5.74) is 0.940. The van der Waals surface area contributed by atoms with Gasteiger partial charge in [0.2, 0.25) is 0 Å². The number of halogens is 2. The Morgan fingerprint density at radius 3 is 2.88 bits per heavy atom. The molecule has 1 aromatic heterocycles. The molecular formula is C13H13ClFNO. The molecule has 2 aromatic rings. The van der Waals surface area contributed by atoms with Gasteiger partial charge < -0.3 is 9.73 Å². The van der Waals surface area contributed by atoms with Crippen molar-refractivity contribution in [1.82, 2.24) is 5.32 Å². The molecule has 0 bridgehead atoms. The molecule has 1 N–H and O–H groups in total. The molecule has 90 valence electrons. The molecule has 0 fully saturated rings. The van der Waals surface area contributed by atoms with Crippen LogP contribution < -0.4 is 5.32 Å². The summed E-state index contributed by atoms with van der Waals surface area (Å²) in [4.78, 5) is 0. The molecule has 2 rings (SSSR count). The van der Waals surface area contributed by atoms with Gasteiger partial charge in [-0.05, 0) is 36.8 Å². The highest BCUT2D eigenvalue weighted by molar-refractivity contribution is 6.30. The minimum atomic E-state index is -0.394. The molecular weight excluding hydrogens is 241 g/mol. The van der Waals surface area contributed by atoms with Crippen LogP contribution >= 0.6 is 11.6 Å². The van der Waals surface area contributed by atoms with E-state index in [9.17, 15) is 4.39 Å². The van der Waals surface area contributed by atoms with Crippen LogP contribution in [0.3, 0.4) is 0 Å². The van der Waals surface area contributed by atoms with E-state index in [-0.39, 0.29) is 11.1 Å². The fourth-order valence-corrected chi connectivity index (χ4v) is 1.76. The number of furan rings is 1. The Labute approximate surface area is 104 Å². The van der Waals surface area contributed by atoms with Crippen LogP contribution in [0.15, 0.2) is 41.0 Å². The first-order valence-corrected chi connectivity index (χ1v) is 5.75. The van der Waals surface area contributed by atoms with Gasteiger partial charge in [0, 0.05) is 6.54 Å². The van der Waals surface area contributed by atoms with Crippen molar-refractivity contribution in [3.05, 3.63) is 58.8 Å². The van der Waals surface area contributed by atoms with Crippen LogP contribution in [0.5, 0.6) is 0 Å². The number of nitrogens with one attached hydrogen (secondary N) is 1. The van der Waals surface area contributed by atoms with Crippen LogP contribution in [0, 0.1) is 5.82 Å². The number of rotatable bonds is 4. The first kappa shape index (κ1) is 12.1. The van der Waals surface area contributed by atoms with Crippen molar-refractivity contribution in [3.63, 3.8) is 0 Å². The summed E-state index contributed by atoms with van der Waals surface area (Å²) in [5, 5.41) is 3.42. The third-order valence-electron chi connectivity index (χ3n) is 2.57. The molecule has 0 aliphatic rings. The lowest BCUT2D eigenvalue weighted by atomic mass is 10.2. The Bertz CT molecular complexity index is 484. The lowest BCUT2D eigenvalue weighted by molar-refractivity contribution is 0.430. The zero-order valence-corrected chi connectivity index (χ0v) is 10.2. The summed E-state index contributed by atoms with van der Waals surface area (Å²) in [7, 11) is 0. The Morgan fingerprint density at radius 1 is 1.41 bits per heavy atom. The molecule has 0 aliphatic heterocycles. The van der Waals surface area contributed by atoms with Gasteiger partial charge in [-0.25, -0.2) is 4.39 Å². The minimum Gasteiger partial charge on any atom is -0.468 e. The van der Waals surface area contributed by atoms with Crippen LogP contribution in [0.25, 0.3) is 0 Å². The largest absolute Gasteiger partial charge is 0.468 e. The molecule has 0 saturated heterocycles. The first-order chi connectivity index (χ1) is 8.16. The van der Waals surface area contributed by atoms with Gasteiger partial charge in [0.1, 0.15) is 11.6 Å². The molecule has 17 heavy (non-hydrogen) atoms. The summed E-state index contributed by atoms with van der Waals surface area (Å²) in [6, 6.07) is 8.57. The fraction of sp³-hybridized carbons (Fsp3) is 0.231. The third-order valence-corrected chi connectivity index (χ3v) is 2.86. The van der Waals surface area contributed by atoms with Crippen LogP contribution in [0.4, 0.5) is 4.39 Å². The van der Waals surface area contributed by atoms with Crippen LogP contribution in [0.2, 0.25) is 5.02 Å². The third kappa shape index (κ3) is 3.08. The molecule has 0 amide bonds. The van der Waals surface area contributed by atoms with E-state index in [1.807, 2.05) is 19.1 Å². The van der Waals surface area contributed by atoms with Gasteiger partial charge >= 0.3 is 0 Å². The average molecular weight is 254 g/mol. The van der Waals surface area contributed by atoms with E-state index in [1.165, 1.54) is 6.07 Å². The molecule has 1 heterocycles. The van der Waals surface area contributed by atoms with E-state index in [4.69, 9.17) is 16.0 Å². The van der Waals surface area contributed by atoms with Gasteiger partial charge in [0.15, 0.2) is 0 Å². The topological polar surface area (TPSA) is 25.2 Å². The summed E-state index contributed by atoms with van der Waals surface area (Å²) in [6.45, 7) is 2.62. The smallest absolute Gasteiger partial charge is 0.141 e. The Morgan fingerprint density at radius 2 is 2.24 bits per heavy atom. The molecule has 4 heteroatoms. The van der Waals surface area contributed by atoms with Gasteiger partial charge in [-0.1, -0.05) is 17.7 Å². The van der Waals surface area contributed by atoms with Crippen molar-refractivity contribution < 1.29 is 8.81 Å². The zero-order chi connectivity index (χ0) is 12.3. The Hall–Kier alpha value is -1.32. The van der Waals surface area contributed by atoms with E-state index in [2.05, 4.69) is 5.32 Å². The van der Waals surface area contributed by atoms with Gasteiger partial charge in [-0.15, -0.1) is 0 Å². The Balaban J connectivity index is 1.96. The predicted molar refractivity (Wildman–Crippen MR) is 65.4 cm³/mol. The number of hydrogen-bond acceptors (Lipinski definition) is 2. The van der Waals surface area contributed by atoms with Crippen molar-refractivity contribution in [3.8, 4) is 0 Å². The molecule has 2 nitrogen and oxygen atoms in total. The summed E-state index contributed by atoms with van der Waals surface area (Å²) < 4.78 is 18.2. The van der Waals surface area contributed by atoms with Crippen molar-refractivity contribution in [2.45, 2.75) is 19.5 Å². The fourth-order valence-electron chi connectivity index (χ4n) is 1.56. The SMILES string of the molecule is C[C@@H](NCc1ccc(F)c(Cl)c1)c1ccco1. The van der Waals surface area contributed by atoms with Gasteiger partial charge in [0.05, 0.1) is 17.3 Å². The molecule has 0 radical (unpaired) electrons. The highest BCUT2D eigenvalue weighted by atomic mass is 35.5. The Kier molecular flexibility index (Phi) is 3.82. The van der Waals surface area contributed by atoms with Crippen molar-refractivity contribution in [2.24, 2.45) is 0 Å². The molecule has 1 aromatic carbocycles. The second kappa shape index (κ2) is 5.34. The predicted octanol–water partition coefficient (Wildman–Crippen LogP) is 3.92. The van der Waals surface area contributed by atoms with Gasteiger partial charge in [-0.2, -0.15) is 0 Å². The number of benzene rings is 1. The zero-order valence-electron chi connectivity index (χ0n) is 9.41. The average Bonchev–Trinajstić information content (AvgIpc) is 2.84. The van der Waals surface area contributed by atoms with E-state index in [0.29, 0.717) is 6.54 Å². The highest BCUT2D eigenvalue weighted by Gasteiger charge is 2.07. The van der Waals surface area contributed by atoms with E-state index in [0.717, 1.165) is 11.3 Å². The quantitative estimate of drug-likeness (QED) is 0.893. The maximum absolute atomic E-state index is 13.0. The van der Waals surface area contributed by atoms with Crippen LogP contribution in [-0.4, -0.2) is 0 Å². The van der Waals surface area contributed by atoms with E-state index < -0.39 is 5.82 Å². The number of hydrogen-bond donors (Lipinski definition) is 1. The van der Waals surface area contributed by atoms with E-state index >= 15 is 0 Å². The summed E-state index contributed by atoms with van der Waals surface area (Å²) in [6.07, 6.45) is 1.64. The molecule has 0 aliphatic carbocycles. The van der Waals surface area contributed by atoms with Gasteiger partial charge in [0.25, 0.3) is 0 Å². The molecule has 1 atom stereocenters. The maximum Gasteiger partial charge on any atom is 0.141 e. The molecule has 0 unspecified atom stereocenters. The van der Waals surface area contributed by atoms with Gasteiger partial charge in [-0.3, -0.25) is 0 Å². The summed E-state index contributed by atoms with van der Waals surface area (Å²) >= 11 is 5.71. The second-order valence-electron chi connectivity index (χ2n) is 3.87. The standard InChI is InChI=1S/C13H13ClFNO/c1-9(13-3-2-6-17-13)16-8-10-4-5-12(15)11(14)7-10/h2-7,9,16H,8H2,1H3/t9-/m1/s1. The molecule has 0 spiro atoms. The normalized spacial score (nSPS) is 12.6.